The third-order valence-electron chi connectivity index (χ3n) is 1.77. The van der Waals surface area contributed by atoms with Gasteiger partial charge in [-0.15, -0.1) is 0 Å². The van der Waals surface area contributed by atoms with E-state index in [-0.39, 0.29) is 12.5 Å². The number of nitrogens with one attached hydrogen (secondary N) is 2. The van der Waals surface area contributed by atoms with Gasteiger partial charge in [0.05, 0.1) is 18.6 Å². The van der Waals surface area contributed by atoms with E-state index in [1.54, 1.807) is 13.8 Å². The van der Waals surface area contributed by atoms with Crippen LogP contribution in [0.5, 0.6) is 0 Å². The zero-order valence-electron chi connectivity index (χ0n) is 9.86. The highest BCUT2D eigenvalue weighted by atomic mass is 32.2. The minimum Gasteiger partial charge on any atom is -0.352 e. The fraction of sp³-hybridized carbons (Fsp3) is 0.556. The number of halogens is 1. The SMILES string of the molecule is CC(C)(CNc1ncc(F)cn1)NS(C)(=O)=O. The second kappa shape index (κ2) is 4.92. The Balaban J connectivity index is 2.58. The van der Waals surface area contributed by atoms with E-state index in [4.69, 9.17) is 0 Å². The summed E-state index contributed by atoms with van der Waals surface area (Å²) >= 11 is 0. The second-order valence-corrected chi connectivity index (χ2v) is 6.09. The van der Waals surface area contributed by atoms with E-state index in [1.165, 1.54) is 0 Å². The van der Waals surface area contributed by atoms with Gasteiger partial charge >= 0.3 is 0 Å². The molecule has 0 spiro atoms. The lowest BCUT2D eigenvalue weighted by molar-refractivity contribution is 0.475. The number of anilines is 1. The molecule has 1 aromatic heterocycles. The van der Waals surface area contributed by atoms with Crippen LogP contribution in [0.15, 0.2) is 12.4 Å². The molecule has 0 aliphatic carbocycles. The lowest BCUT2D eigenvalue weighted by atomic mass is 10.1. The molecule has 0 aliphatic heterocycles. The summed E-state index contributed by atoms with van der Waals surface area (Å²) in [7, 11) is -3.28. The van der Waals surface area contributed by atoms with Gasteiger partial charge in [-0.25, -0.2) is 27.5 Å². The molecule has 6 nitrogen and oxygen atoms in total. The lowest BCUT2D eigenvalue weighted by Gasteiger charge is -2.25. The average molecular weight is 262 g/mol. The van der Waals surface area contributed by atoms with Gasteiger partial charge in [-0.1, -0.05) is 0 Å². The van der Waals surface area contributed by atoms with Gasteiger partial charge in [0, 0.05) is 12.1 Å². The largest absolute Gasteiger partial charge is 0.352 e. The Hall–Kier alpha value is -1.28. The van der Waals surface area contributed by atoms with Gasteiger partial charge in [-0.3, -0.25) is 0 Å². The Morgan fingerprint density at radius 3 is 2.35 bits per heavy atom. The van der Waals surface area contributed by atoms with Crippen molar-refractivity contribution in [1.29, 1.82) is 0 Å². The highest BCUT2D eigenvalue weighted by Gasteiger charge is 2.22. The summed E-state index contributed by atoms with van der Waals surface area (Å²) in [5.41, 5.74) is -0.689. The molecule has 0 fully saturated rings. The van der Waals surface area contributed by atoms with Crippen molar-refractivity contribution in [2.24, 2.45) is 0 Å². The molecule has 8 heteroatoms. The quantitative estimate of drug-likeness (QED) is 0.800. The third kappa shape index (κ3) is 5.55. The number of nitrogens with zero attached hydrogens (tertiary/aromatic N) is 2. The number of hydrogen-bond donors (Lipinski definition) is 2. The van der Waals surface area contributed by atoms with Crippen LogP contribution < -0.4 is 10.0 Å². The molecular formula is C9H15FN4O2S. The van der Waals surface area contributed by atoms with Gasteiger partial charge < -0.3 is 5.32 Å². The topological polar surface area (TPSA) is 84.0 Å². The van der Waals surface area contributed by atoms with Crippen molar-refractivity contribution in [3.8, 4) is 0 Å². The van der Waals surface area contributed by atoms with Crippen LogP contribution in [-0.2, 0) is 10.0 Å². The van der Waals surface area contributed by atoms with Gasteiger partial charge in [0.2, 0.25) is 16.0 Å². The standard InChI is InChI=1S/C9H15FN4O2S/c1-9(2,14-17(3,15)16)6-13-8-11-4-7(10)5-12-8/h4-5,14H,6H2,1-3H3,(H,11,12,13). The molecule has 96 valence electrons. The van der Waals surface area contributed by atoms with Crippen molar-refractivity contribution in [2.45, 2.75) is 19.4 Å². The summed E-state index contributed by atoms with van der Waals surface area (Å²) in [5.74, 6) is -0.279. The van der Waals surface area contributed by atoms with E-state index < -0.39 is 21.4 Å². The first-order chi connectivity index (χ1) is 7.68. The van der Waals surface area contributed by atoms with E-state index in [1.807, 2.05) is 0 Å². The summed E-state index contributed by atoms with van der Waals surface area (Å²) in [6.07, 6.45) is 3.15. The van der Waals surface area contributed by atoms with Gasteiger partial charge in [0.15, 0.2) is 5.82 Å². The molecule has 0 atom stereocenters. The van der Waals surface area contributed by atoms with Gasteiger partial charge in [0.25, 0.3) is 0 Å². The molecule has 1 rings (SSSR count). The molecule has 0 aliphatic rings. The zero-order chi connectivity index (χ0) is 13.1. The van der Waals surface area contributed by atoms with Crippen LogP contribution in [0.3, 0.4) is 0 Å². The molecule has 1 aromatic rings. The maximum Gasteiger partial charge on any atom is 0.222 e. The monoisotopic (exact) mass is 262 g/mol. The van der Waals surface area contributed by atoms with E-state index in [0.717, 1.165) is 18.6 Å². The molecule has 0 bridgehead atoms. The number of hydrogen-bond acceptors (Lipinski definition) is 5. The van der Waals surface area contributed by atoms with Crippen LogP contribution >= 0.6 is 0 Å². The van der Waals surface area contributed by atoms with Gasteiger partial charge in [-0.05, 0) is 13.8 Å². The second-order valence-electron chi connectivity index (χ2n) is 4.34. The fourth-order valence-corrected chi connectivity index (χ4v) is 2.32. The normalized spacial score (nSPS) is 12.5. The highest BCUT2D eigenvalue weighted by Crippen LogP contribution is 2.06. The molecule has 0 aromatic carbocycles. The maximum absolute atomic E-state index is 12.5. The number of sulfonamides is 1. The molecule has 0 unspecified atom stereocenters. The van der Waals surface area contributed by atoms with Crippen LogP contribution in [0.1, 0.15) is 13.8 Å². The van der Waals surface area contributed by atoms with Crippen LogP contribution in [0.25, 0.3) is 0 Å². The van der Waals surface area contributed by atoms with Crippen LogP contribution in [0, 0.1) is 5.82 Å². The van der Waals surface area contributed by atoms with Crippen molar-refractivity contribution in [3.63, 3.8) is 0 Å². The number of aromatic nitrogens is 2. The van der Waals surface area contributed by atoms with Crippen molar-refractivity contribution in [1.82, 2.24) is 14.7 Å². The first-order valence-electron chi connectivity index (χ1n) is 4.88. The Bertz CT molecular complexity index is 472. The van der Waals surface area contributed by atoms with Crippen LogP contribution in [0.4, 0.5) is 10.3 Å². The lowest BCUT2D eigenvalue weighted by Crippen LogP contribution is -2.47. The summed E-state index contributed by atoms with van der Waals surface area (Å²) in [6, 6.07) is 0. The average Bonchev–Trinajstić information content (AvgIpc) is 2.13. The fourth-order valence-electron chi connectivity index (χ4n) is 1.24. The summed E-state index contributed by atoms with van der Waals surface area (Å²) < 4.78 is 37.2. The molecule has 0 saturated heterocycles. The minimum absolute atomic E-state index is 0.245. The van der Waals surface area contributed by atoms with Crippen LogP contribution in [0.2, 0.25) is 0 Å². The Morgan fingerprint density at radius 2 is 1.88 bits per heavy atom. The minimum atomic E-state index is -3.28. The first-order valence-corrected chi connectivity index (χ1v) is 6.77. The Morgan fingerprint density at radius 1 is 1.35 bits per heavy atom. The summed E-state index contributed by atoms with van der Waals surface area (Å²) in [4.78, 5) is 7.41. The highest BCUT2D eigenvalue weighted by molar-refractivity contribution is 7.88. The molecule has 2 N–H and O–H groups in total. The van der Waals surface area contributed by atoms with Crippen molar-refractivity contribution in [2.75, 3.05) is 18.1 Å². The Kier molecular flexibility index (Phi) is 3.99. The predicted molar refractivity (Wildman–Crippen MR) is 62.5 cm³/mol. The van der Waals surface area contributed by atoms with Crippen LogP contribution in [-0.4, -0.2) is 36.7 Å². The molecule has 1 heterocycles. The first kappa shape index (κ1) is 13.8. The molecule has 0 amide bonds. The third-order valence-corrected chi connectivity index (χ3v) is 2.69. The van der Waals surface area contributed by atoms with Gasteiger partial charge in [0.1, 0.15) is 0 Å². The summed E-state index contributed by atoms with van der Waals surface area (Å²) in [5, 5.41) is 2.82. The summed E-state index contributed by atoms with van der Waals surface area (Å²) in [6.45, 7) is 3.71. The van der Waals surface area contributed by atoms with Gasteiger partial charge in [-0.2, -0.15) is 0 Å². The van der Waals surface area contributed by atoms with Crippen molar-refractivity contribution in [3.05, 3.63) is 18.2 Å². The zero-order valence-corrected chi connectivity index (χ0v) is 10.7. The number of rotatable bonds is 5. The smallest absolute Gasteiger partial charge is 0.222 e. The van der Waals surface area contributed by atoms with E-state index >= 15 is 0 Å². The van der Waals surface area contributed by atoms with E-state index in [0.29, 0.717) is 0 Å². The molecule has 0 radical (unpaired) electrons. The Labute approximate surface area is 99.7 Å². The van der Waals surface area contributed by atoms with E-state index in [9.17, 15) is 12.8 Å². The predicted octanol–water partition coefficient (Wildman–Crippen LogP) is 0.355. The van der Waals surface area contributed by atoms with Crippen molar-refractivity contribution >= 4 is 16.0 Å². The maximum atomic E-state index is 12.5. The molecule has 0 saturated carbocycles. The molecular weight excluding hydrogens is 247 g/mol. The van der Waals surface area contributed by atoms with E-state index in [2.05, 4.69) is 20.0 Å². The molecule has 17 heavy (non-hydrogen) atoms. The van der Waals surface area contributed by atoms with Crippen molar-refractivity contribution < 1.29 is 12.8 Å².